The van der Waals surface area contributed by atoms with Crippen LogP contribution in [0.5, 0.6) is 0 Å². The van der Waals surface area contributed by atoms with E-state index in [2.05, 4.69) is 29.5 Å². The van der Waals surface area contributed by atoms with Gasteiger partial charge in [-0.05, 0) is 25.0 Å². The topological polar surface area (TPSA) is 36.4 Å². The molecule has 3 nitrogen and oxygen atoms in total. The van der Waals surface area contributed by atoms with Crippen molar-refractivity contribution < 1.29 is 4.39 Å². The Labute approximate surface area is 148 Å². The van der Waals surface area contributed by atoms with E-state index in [1.54, 1.807) is 24.9 Å². The minimum atomic E-state index is -0.123. The van der Waals surface area contributed by atoms with E-state index < -0.39 is 0 Å². The molecule has 1 aromatic carbocycles. The highest BCUT2D eigenvalue weighted by molar-refractivity contribution is 14.0. The van der Waals surface area contributed by atoms with Crippen LogP contribution in [-0.2, 0) is 5.75 Å². The Kier molecular flexibility index (Phi) is 11.8. The van der Waals surface area contributed by atoms with Gasteiger partial charge in [0.2, 0.25) is 0 Å². The summed E-state index contributed by atoms with van der Waals surface area (Å²) in [4.78, 5) is 4.17. The molecule has 1 rings (SSSR count). The lowest BCUT2D eigenvalue weighted by atomic mass is 10.2. The van der Waals surface area contributed by atoms with Gasteiger partial charge in [-0.3, -0.25) is 4.99 Å². The van der Waals surface area contributed by atoms with Crippen molar-refractivity contribution in [3.8, 4) is 0 Å². The highest BCUT2D eigenvalue weighted by Gasteiger charge is 2.03. The van der Waals surface area contributed by atoms with Gasteiger partial charge in [0.15, 0.2) is 5.96 Å². The molecule has 1 unspecified atom stereocenters. The maximum atomic E-state index is 13.4. The first-order valence-electron chi connectivity index (χ1n) is 6.95. The molecule has 0 aromatic heterocycles. The van der Waals surface area contributed by atoms with Crippen molar-refractivity contribution >= 4 is 41.7 Å². The second-order valence-corrected chi connectivity index (χ2v) is 5.70. The summed E-state index contributed by atoms with van der Waals surface area (Å²) in [7, 11) is 1.77. The zero-order chi connectivity index (χ0) is 14.8. The van der Waals surface area contributed by atoms with Gasteiger partial charge in [-0.1, -0.05) is 25.1 Å². The fourth-order valence-corrected chi connectivity index (χ4v) is 2.41. The standard InChI is InChI=1S/C15H24FN3S.HI/c1-4-12(2)19-15(17-3)18-9-10-20-11-13-7-5-6-8-14(13)16;/h5-8,12H,4,9-11H2,1-3H3,(H2,17,18,19);1H. The number of nitrogens with zero attached hydrogens (tertiary/aromatic N) is 1. The third-order valence-corrected chi connectivity index (χ3v) is 3.98. The number of benzene rings is 1. The van der Waals surface area contributed by atoms with Crippen LogP contribution in [0.3, 0.4) is 0 Å². The summed E-state index contributed by atoms with van der Waals surface area (Å²) >= 11 is 1.71. The molecule has 0 aliphatic carbocycles. The summed E-state index contributed by atoms with van der Waals surface area (Å²) in [6.45, 7) is 5.07. The van der Waals surface area contributed by atoms with Crippen LogP contribution >= 0.6 is 35.7 Å². The number of thioether (sulfide) groups is 1. The second kappa shape index (κ2) is 12.1. The number of rotatable bonds is 7. The van der Waals surface area contributed by atoms with E-state index in [9.17, 15) is 4.39 Å². The van der Waals surface area contributed by atoms with Crippen LogP contribution in [0.2, 0.25) is 0 Å². The quantitative estimate of drug-likeness (QED) is 0.303. The Balaban J connectivity index is 0.00000400. The fourth-order valence-electron chi connectivity index (χ4n) is 1.57. The molecular weight excluding hydrogens is 400 g/mol. The number of halogens is 2. The van der Waals surface area contributed by atoms with Crippen LogP contribution in [-0.4, -0.2) is 31.3 Å². The minimum Gasteiger partial charge on any atom is -0.356 e. The number of aliphatic imine (C=N–C) groups is 1. The van der Waals surface area contributed by atoms with E-state index in [1.165, 1.54) is 6.07 Å². The lowest BCUT2D eigenvalue weighted by molar-refractivity contribution is 0.617. The predicted octanol–water partition coefficient (Wildman–Crippen LogP) is 3.64. The largest absolute Gasteiger partial charge is 0.356 e. The Bertz CT molecular complexity index is 429. The summed E-state index contributed by atoms with van der Waals surface area (Å²) in [6.07, 6.45) is 1.06. The normalized spacial score (nSPS) is 12.5. The SMILES string of the molecule is CCC(C)NC(=NC)NCCSCc1ccccc1F.I. The van der Waals surface area contributed by atoms with Crippen LogP contribution < -0.4 is 10.6 Å². The van der Waals surface area contributed by atoms with Crippen LogP contribution in [0.25, 0.3) is 0 Å². The molecule has 0 heterocycles. The Morgan fingerprint density at radius 1 is 1.38 bits per heavy atom. The monoisotopic (exact) mass is 425 g/mol. The van der Waals surface area contributed by atoms with Gasteiger partial charge in [-0.25, -0.2) is 4.39 Å². The maximum Gasteiger partial charge on any atom is 0.191 e. The van der Waals surface area contributed by atoms with Gasteiger partial charge < -0.3 is 10.6 Å². The van der Waals surface area contributed by atoms with Crippen molar-refractivity contribution in [2.45, 2.75) is 32.1 Å². The van der Waals surface area contributed by atoms with E-state index in [1.807, 2.05) is 12.1 Å². The van der Waals surface area contributed by atoms with Gasteiger partial charge in [0.25, 0.3) is 0 Å². The van der Waals surface area contributed by atoms with E-state index in [-0.39, 0.29) is 29.8 Å². The first-order chi connectivity index (χ1) is 9.67. The molecule has 2 N–H and O–H groups in total. The second-order valence-electron chi connectivity index (χ2n) is 4.60. The summed E-state index contributed by atoms with van der Waals surface area (Å²) in [5.41, 5.74) is 0.764. The van der Waals surface area contributed by atoms with Gasteiger partial charge in [0, 0.05) is 31.1 Å². The van der Waals surface area contributed by atoms with Crippen LogP contribution in [0.1, 0.15) is 25.8 Å². The maximum absolute atomic E-state index is 13.4. The van der Waals surface area contributed by atoms with Gasteiger partial charge in [-0.2, -0.15) is 11.8 Å². The molecule has 0 radical (unpaired) electrons. The Morgan fingerprint density at radius 2 is 2.10 bits per heavy atom. The minimum absolute atomic E-state index is 0. The molecule has 0 fully saturated rings. The third kappa shape index (κ3) is 8.50. The highest BCUT2D eigenvalue weighted by atomic mass is 127. The van der Waals surface area contributed by atoms with Crippen molar-refractivity contribution in [3.63, 3.8) is 0 Å². The number of guanidine groups is 1. The zero-order valence-corrected chi connectivity index (χ0v) is 16.0. The molecule has 120 valence electrons. The highest BCUT2D eigenvalue weighted by Crippen LogP contribution is 2.14. The number of hydrogen-bond donors (Lipinski definition) is 2. The van der Waals surface area contributed by atoms with Crippen LogP contribution in [0.4, 0.5) is 4.39 Å². The summed E-state index contributed by atoms with van der Waals surface area (Å²) in [5.74, 6) is 2.31. The van der Waals surface area contributed by atoms with Gasteiger partial charge >= 0.3 is 0 Å². The van der Waals surface area contributed by atoms with Crippen molar-refractivity contribution in [1.82, 2.24) is 10.6 Å². The van der Waals surface area contributed by atoms with Gasteiger partial charge in [0.05, 0.1) is 0 Å². The van der Waals surface area contributed by atoms with E-state index >= 15 is 0 Å². The number of nitrogens with one attached hydrogen (secondary N) is 2. The van der Waals surface area contributed by atoms with E-state index in [4.69, 9.17) is 0 Å². The molecule has 0 saturated carbocycles. The molecule has 0 aliphatic rings. The number of hydrogen-bond acceptors (Lipinski definition) is 2. The predicted molar refractivity (Wildman–Crippen MR) is 102 cm³/mol. The average Bonchev–Trinajstić information content (AvgIpc) is 2.47. The summed E-state index contributed by atoms with van der Waals surface area (Å²) in [5, 5.41) is 6.56. The van der Waals surface area contributed by atoms with Crippen LogP contribution in [0, 0.1) is 5.82 Å². The fraction of sp³-hybridized carbons (Fsp3) is 0.533. The summed E-state index contributed by atoms with van der Waals surface area (Å²) < 4.78 is 13.4. The van der Waals surface area contributed by atoms with Gasteiger partial charge in [0.1, 0.15) is 5.82 Å². The van der Waals surface area contributed by atoms with Crippen molar-refractivity contribution in [1.29, 1.82) is 0 Å². The average molecular weight is 425 g/mol. The van der Waals surface area contributed by atoms with E-state index in [0.29, 0.717) is 11.8 Å². The molecule has 0 bridgehead atoms. The molecule has 0 aliphatic heterocycles. The van der Waals surface area contributed by atoms with Crippen LogP contribution in [0.15, 0.2) is 29.3 Å². The Morgan fingerprint density at radius 3 is 2.71 bits per heavy atom. The van der Waals surface area contributed by atoms with Crippen molar-refractivity contribution in [2.75, 3.05) is 19.3 Å². The molecule has 0 spiro atoms. The third-order valence-electron chi connectivity index (χ3n) is 2.97. The van der Waals surface area contributed by atoms with Crippen molar-refractivity contribution in [3.05, 3.63) is 35.6 Å². The van der Waals surface area contributed by atoms with Gasteiger partial charge in [-0.15, -0.1) is 24.0 Å². The molecule has 1 aromatic rings. The Hall–Kier alpha value is -0.500. The summed E-state index contributed by atoms with van der Waals surface area (Å²) in [6, 6.07) is 7.34. The molecule has 1 atom stereocenters. The molecular formula is C15H25FIN3S. The van der Waals surface area contributed by atoms with E-state index in [0.717, 1.165) is 30.2 Å². The lowest BCUT2D eigenvalue weighted by Gasteiger charge is -2.16. The van der Waals surface area contributed by atoms with Crippen molar-refractivity contribution in [2.24, 2.45) is 4.99 Å². The first-order valence-corrected chi connectivity index (χ1v) is 8.11. The molecule has 0 amide bonds. The lowest BCUT2D eigenvalue weighted by Crippen LogP contribution is -2.42. The molecule has 0 saturated heterocycles. The molecule has 21 heavy (non-hydrogen) atoms. The smallest absolute Gasteiger partial charge is 0.191 e. The molecule has 6 heteroatoms. The first kappa shape index (κ1) is 20.5. The zero-order valence-electron chi connectivity index (χ0n) is 12.9.